The van der Waals surface area contributed by atoms with E-state index in [-0.39, 0.29) is 17.3 Å². The fraction of sp³-hybridized carbons (Fsp3) is 0.235. The van der Waals surface area contributed by atoms with Gasteiger partial charge in [-0.2, -0.15) is 0 Å². The Kier molecular flexibility index (Phi) is 4.38. The predicted octanol–water partition coefficient (Wildman–Crippen LogP) is 1.87. The standard InChI is InChI=1S/C17H17FN2O4S/c1-19(2)17(21)16-11-20(14-5-3-4-6-15(14)24-16)25(22,23)13-9-7-12(18)8-10-13/h3-10,16H,11H2,1-2H3. The van der Waals surface area contributed by atoms with Crippen molar-refractivity contribution in [2.75, 3.05) is 24.9 Å². The van der Waals surface area contributed by atoms with Gasteiger partial charge < -0.3 is 9.64 Å². The highest BCUT2D eigenvalue weighted by Crippen LogP contribution is 2.36. The van der Waals surface area contributed by atoms with Crippen LogP contribution >= 0.6 is 0 Å². The number of ether oxygens (including phenoxy) is 1. The van der Waals surface area contributed by atoms with Crippen LogP contribution in [0.5, 0.6) is 5.75 Å². The molecule has 8 heteroatoms. The Hall–Kier alpha value is -2.61. The Morgan fingerprint density at radius 3 is 2.44 bits per heavy atom. The molecule has 1 atom stereocenters. The molecule has 3 rings (SSSR count). The van der Waals surface area contributed by atoms with Gasteiger partial charge in [0, 0.05) is 14.1 Å². The number of hydrogen-bond acceptors (Lipinski definition) is 4. The molecular formula is C17H17FN2O4S. The monoisotopic (exact) mass is 364 g/mol. The maximum Gasteiger partial charge on any atom is 0.265 e. The van der Waals surface area contributed by atoms with E-state index in [0.29, 0.717) is 11.4 Å². The van der Waals surface area contributed by atoms with Crippen LogP contribution in [-0.4, -0.2) is 46.0 Å². The number of likely N-dealkylation sites (N-methyl/N-ethyl adjacent to an activating group) is 1. The topological polar surface area (TPSA) is 66.9 Å². The number of para-hydroxylation sites is 2. The first-order valence-electron chi connectivity index (χ1n) is 7.56. The van der Waals surface area contributed by atoms with Crippen molar-refractivity contribution in [1.82, 2.24) is 4.90 Å². The maximum absolute atomic E-state index is 13.1. The Bertz CT molecular complexity index is 897. The van der Waals surface area contributed by atoms with Crippen molar-refractivity contribution in [2.45, 2.75) is 11.0 Å². The smallest absolute Gasteiger partial charge is 0.265 e. The molecule has 1 heterocycles. The third kappa shape index (κ3) is 3.17. The molecule has 0 aliphatic carbocycles. The van der Waals surface area contributed by atoms with Gasteiger partial charge in [-0.15, -0.1) is 0 Å². The summed E-state index contributed by atoms with van der Waals surface area (Å²) in [5, 5.41) is 0. The van der Waals surface area contributed by atoms with Crippen molar-refractivity contribution < 1.29 is 22.3 Å². The van der Waals surface area contributed by atoms with Gasteiger partial charge in [-0.1, -0.05) is 12.1 Å². The normalized spacial score (nSPS) is 16.8. The molecule has 0 spiro atoms. The fourth-order valence-corrected chi connectivity index (χ4v) is 4.06. The zero-order chi connectivity index (χ0) is 18.2. The van der Waals surface area contributed by atoms with Crippen LogP contribution in [0.15, 0.2) is 53.4 Å². The molecule has 1 amide bonds. The number of nitrogens with zero attached hydrogens (tertiary/aromatic N) is 2. The molecule has 1 aliphatic rings. The van der Waals surface area contributed by atoms with E-state index < -0.39 is 21.9 Å². The molecule has 0 N–H and O–H groups in total. The molecule has 0 saturated heterocycles. The summed E-state index contributed by atoms with van der Waals surface area (Å²) in [5.41, 5.74) is 0.342. The zero-order valence-electron chi connectivity index (χ0n) is 13.7. The first-order valence-corrected chi connectivity index (χ1v) is 9.00. The lowest BCUT2D eigenvalue weighted by atomic mass is 10.2. The lowest BCUT2D eigenvalue weighted by molar-refractivity contribution is -0.135. The Labute approximate surface area is 145 Å². The summed E-state index contributed by atoms with van der Waals surface area (Å²) >= 11 is 0. The first-order chi connectivity index (χ1) is 11.8. The van der Waals surface area contributed by atoms with Crippen molar-refractivity contribution in [1.29, 1.82) is 0 Å². The van der Waals surface area contributed by atoms with Crippen molar-refractivity contribution in [3.63, 3.8) is 0 Å². The minimum Gasteiger partial charge on any atom is -0.476 e. The number of anilines is 1. The van der Waals surface area contributed by atoms with Gasteiger partial charge in [-0.05, 0) is 36.4 Å². The quantitative estimate of drug-likeness (QED) is 0.834. The van der Waals surface area contributed by atoms with Crippen molar-refractivity contribution in [3.05, 3.63) is 54.3 Å². The van der Waals surface area contributed by atoms with Gasteiger partial charge in [-0.3, -0.25) is 9.10 Å². The third-order valence-electron chi connectivity index (χ3n) is 3.85. The van der Waals surface area contributed by atoms with Crippen molar-refractivity contribution in [3.8, 4) is 5.75 Å². The van der Waals surface area contributed by atoms with Crippen LogP contribution in [0.3, 0.4) is 0 Å². The number of amides is 1. The minimum absolute atomic E-state index is 0.0540. The molecule has 6 nitrogen and oxygen atoms in total. The highest BCUT2D eigenvalue weighted by atomic mass is 32.2. The van der Waals surface area contributed by atoms with Gasteiger partial charge >= 0.3 is 0 Å². The number of rotatable bonds is 3. The van der Waals surface area contributed by atoms with Gasteiger partial charge in [0.2, 0.25) is 0 Å². The minimum atomic E-state index is -3.97. The lowest BCUT2D eigenvalue weighted by Crippen LogP contribution is -2.50. The van der Waals surface area contributed by atoms with Crippen LogP contribution < -0.4 is 9.04 Å². The van der Waals surface area contributed by atoms with Crippen LogP contribution in [0.4, 0.5) is 10.1 Å². The van der Waals surface area contributed by atoms with E-state index in [1.807, 2.05) is 0 Å². The average molecular weight is 364 g/mol. The molecule has 1 unspecified atom stereocenters. The molecule has 0 bridgehead atoms. The van der Waals surface area contributed by atoms with Gasteiger partial charge in [0.25, 0.3) is 15.9 Å². The van der Waals surface area contributed by atoms with Crippen LogP contribution in [0.1, 0.15) is 0 Å². The van der Waals surface area contributed by atoms with E-state index in [2.05, 4.69) is 0 Å². The maximum atomic E-state index is 13.1. The average Bonchev–Trinajstić information content (AvgIpc) is 2.60. The Morgan fingerprint density at radius 2 is 1.80 bits per heavy atom. The van der Waals surface area contributed by atoms with Gasteiger partial charge in [0.15, 0.2) is 6.10 Å². The highest BCUT2D eigenvalue weighted by molar-refractivity contribution is 7.92. The first kappa shape index (κ1) is 17.2. The number of fused-ring (bicyclic) bond motifs is 1. The molecule has 2 aromatic rings. The predicted molar refractivity (Wildman–Crippen MR) is 90.5 cm³/mol. The lowest BCUT2D eigenvalue weighted by Gasteiger charge is -2.35. The largest absolute Gasteiger partial charge is 0.476 e. The number of benzene rings is 2. The molecule has 0 saturated carbocycles. The summed E-state index contributed by atoms with van der Waals surface area (Å²) in [6, 6.07) is 11.2. The molecular weight excluding hydrogens is 347 g/mol. The van der Waals surface area contributed by atoms with E-state index in [4.69, 9.17) is 4.74 Å². The summed E-state index contributed by atoms with van der Waals surface area (Å²) in [6.45, 7) is -0.159. The molecule has 25 heavy (non-hydrogen) atoms. The molecule has 0 fully saturated rings. The van der Waals surface area contributed by atoms with Gasteiger partial charge in [0.05, 0.1) is 17.1 Å². The highest BCUT2D eigenvalue weighted by Gasteiger charge is 2.37. The Morgan fingerprint density at radius 1 is 1.16 bits per heavy atom. The zero-order valence-corrected chi connectivity index (χ0v) is 14.5. The second-order valence-corrected chi connectivity index (χ2v) is 7.66. The van der Waals surface area contributed by atoms with Gasteiger partial charge in [-0.25, -0.2) is 12.8 Å². The number of carbonyl (C=O) groups is 1. The second-order valence-electron chi connectivity index (χ2n) is 5.80. The van der Waals surface area contributed by atoms with Gasteiger partial charge in [0.1, 0.15) is 11.6 Å². The number of sulfonamides is 1. The SMILES string of the molecule is CN(C)C(=O)C1CN(S(=O)(=O)c2ccc(F)cc2)c2ccccc2O1. The van der Waals surface area contributed by atoms with E-state index in [0.717, 1.165) is 16.4 Å². The molecule has 0 radical (unpaired) electrons. The molecule has 2 aromatic carbocycles. The van der Waals surface area contributed by atoms with Crippen LogP contribution in [0.25, 0.3) is 0 Å². The van der Waals surface area contributed by atoms with Crippen LogP contribution in [-0.2, 0) is 14.8 Å². The molecule has 132 valence electrons. The summed E-state index contributed by atoms with van der Waals surface area (Å²) in [6.07, 6.45) is -0.958. The summed E-state index contributed by atoms with van der Waals surface area (Å²) < 4.78 is 46.0. The fourth-order valence-electron chi connectivity index (χ4n) is 2.58. The van der Waals surface area contributed by atoms with Crippen molar-refractivity contribution in [2.24, 2.45) is 0 Å². The van der Waals surface area contributed by atoms with Crippen LogP contribution in [0, 0.1) is 5.82 Å². The Balaban J connectivity index is 2.07. The van der Waals surface area contributed by atoms with E-state index >= 15 is 0 Å². The van der Waals surface area contributed by atoms with E-state index in [1.54, 1.807) is 38.4 Å². The molecule has 1 aliphatic heterocycles. The third-order valence-corrected chi connectivity index (χ3v) is 5.65. The number of hydrogen-bond donors (Lipinski definition) is 0. The summed E-state index contributed by atoms with van der Waals surface area (Å²) in [5.74, 6) is -0.560. The summed E-state index contributed by atoms with van der Waals surface area (Å²) in [4.78, 5) is 13.6. The number of halogens is 1. The van der Waals surface area contributed by atoms with Crippen molar-refractivity contribution >= 4 is 21.6 Å². The molecule has 0 aromatic heterocycles. The summed E-state index contributed by atoms with van der Waals surface area (Å²) in [7, 11) is -0.820. The van der Waals surface area contributed by atoms with E-state index in [1.165, 1.54) is 17.0 Å². The second kappa shape index (κ2) is 6.36. The van der Waals surface area contributed by atoms with Crippen LogP contribution in [0.2, 0.25) is 0 Å². The number of carbonyl (C=O) groups excluding carboxylic acids is 1. The van der Waals surface area contributed by atoms with E-state index in [9.17, 15) is 17.6 Å².